The quantitative estimate of drug-likeness (QED) is 0.800. The molecule has 9 heteroatoms. The van der Waals surface area contributed by atoms with E-state index in [0.29, 0.717) is 5.52 Å². The molecule has 1 fully saturated rings. The zero-order chi connectivity index (χ0) is 16.7. The van der Waals surface area contributed by atoms with Gasteiger partial charge in [0, 0.05) is 37.8 Å². The number of rotatable bonds is 3. The van der Waals surface area contributed by atoms with Crippen molar-refractivity contribution in [1.82, 2.24) is 13.6 Å². The van der Waals surface area contributed by atoms with Gasteiger partial charge in [-0.25, -0.2) is 16.8 Å². The van der Waals surface area contributed by atoms with Crippen LogP contribution >= 0.6 is 0 Å². The molecule has 2 aromatic rings. The smallest absolute Gasteiger partial charge is 0.245 e. The molecule has 3 rings (SSSR count). The highest BCUT2D eigenvalue weighted by atomic mass is 32.2. The molecule has 0 aliphatic carbocycles. The summed E-state index contributed by atoms with van der Waals surface area (Å²) in [6, 6.07) is 8.59. The molecular weight excluding hydrogens is 338 g/mol. The number of piperazine rings is 1. The van der Waals surface area contributed by atoms with Crippen LogP contribution in [0.4, 0.5) is 0 Å². The normalized spacial score (nSPS) is 18.3. The summed E-state index contributed by atoms with van der Waals surface area (Å²) in [6.45, 7) is 0.601. The lowest BCUT2D eigenvalue weighted by atomic mass is 10.2. The monoisotopic (exact) mass is 355 g/mol. The van der Waals surface area contributed by atoms with Crippen molar-refractivity contribution in [3.8, 4) is 0 Å². The van der Waals surface area contributed by atoms with E-state index in [1.54, 1.807) is 18.3 Å². The van der Waals surface area contributed by atoms with Crippen molar-refractivity contribution >= 4 is 30.9 Å². The number of sulfonamides is 2. The highest BCUT2D eigenvalue weighted by Crippen LogP contribution is 2.25. The molecule has 23 heavy (non-hydrogen) atoms. The number of aromatic nitrogens is 1. The van der Waals surface area contributed by atoms with Crippen LogP contribution in [0.5, 0.6) is 0 Å². The van der Waals surface area contributed by atoms with Crippen LogP contribution in [0.15, 0.2) is 41.4 Å². The van der Waals surface area contributed by atoms with Crippen LogP contribution in [0.2, 0.25) is 0 Å². The van der Waals surface area contributed by atoms with Gasteiger partial charge in [0.15, 0.2) is 0 Å². The van der Waals surface area contributed by atoms with E-state index in [0.717, 1.165) is 11.6 Å². The second-order valence-electron chi connectivity index (χ2n) is 5.40. The molecule has 1 aromatic carbocycles. The number of para-hydroxylation sites is 1. The molecule has 1 aromatic heterocycles. The standard InChI is InChI=1S/C14H17N3O4S2/c1-22(18,19)16-8-10-17(11-9-16)23(20,21)13-6-2-4-12-5-3-7-15-14(12)13/h2-7H,8-11H2,1H3. The molecule has 0 saturated carbocycles. The highest BCUT2D eigenvalue weighted by Gasteiger charge is 2.32. The van der Waals surface area contributed by atoms with Gasteiger partial charge in [-0.15, -0.1) is 0 Å². The Hall–Kier alpha value is -1.55. The van der Waals surface area contributed by atoms with E-state index in [2.05, 4.69) is 4.98 Å². The Morgan fingerprint density at radius 1 is 0.913 bits per heavy atom. The maximum absolute atomic E-state index is 12.9. The summed E-state index contributed by atoms with van der Waals surface area (Å²) in [5.74, 6) is 0. The summed E-state index contributed by atoms with van der Waals surface area (Å²) in [6.07, 6.45) is 2.69. The van der Waals surface area contributed by atoms with Crippen LogP contribution in [0.3, 0.4) is 0 Å². The zero-order valence-corrected chi connectivity index (χ0v) is 14.2. The largest absolute Gasteiger partial charge is 0.255 e. The highest BCUT2D eigenvalue weighted by molar-refractivity contribution is 7.89. The van der Waals surface area contributed by atoms with Crippen molar-refractivity contribution in [3.05, 3.63) is 36.5 Å². The van der Waals surface area contributed by atoms with Crippen molar-refractivity contribution in [2.75, 3.05) is 32.4 Å². The summed E-state index contributed by atoms with van der Waals surface area (Å²) in [7, 11) is -7.00. The SMILES string of the molecule is CS(=O)(=O)N1CCN(S(=O)(=O)c2cccc3cccnc23)CC1. The Bertz CT molecular complexity index is 928. The summed E-state index contributed by atoms with van der Waals surface area (Å²) in [5, 5.41) is 0.753. The molecule has 1 saturated heterocycles. The number of fused-ring (bicyclic) bond motifs is 1. The van der Waals surface area contributed by atoms with Crippen molar-refractivity contribution in [1.29, 1.82) is 0 Å². The second-order valence-corrected chi connectivity index (χ2v) is 9.29. The minimum atomic E-state index is -3.71. The Labute approximate surface area is 135 Å². The van der Waals surface area contributed by atoms with Gasteiger partial charge >= 0.3 is 0 Å². The fourth-order valence-corrected chi connectivity index (χ4v) is 5.08. The van der Waals surface area contributed by atoms with Gasteiger partial charge in [-0.1, -0.05) is 18.2 Å². The summed E-state index contributed by atoms with van der Waals surface area (Å²) >= 11 is 0. The van der Waals surface area contributed by atoms with E-state index in [9.17, 15) is 16.8 Å². The predicted octanol–water partition coefficient (Wildman–Crippen LogP) is 0.501. The second kappa shape index (κ2) is 5.82. The Balaban J connectivity index is 1.93. The zero-order valence-electron chi connectivity index (χ0n) is 12.6. The fourth-order valence-electron chi connectivity index (χ4n) is 2.67. The van der Waals surface area contributed by atoms with E-state index in [4.69, 9.17) is 0 Å². The molecule has 0 amide bonds. The van der Waals surface area contributed by atoms with Crippen LogP contribution in [0.1, 0.15) is 0 Å². The maximum atomic E-state index is 12.9. The van der Waals surface area contributed by atoms with Crippen LogP contribution < -0.4 is 0 Å². The molecule has 1 aliphatic rings. The molecule has 0 spiro atoms. The van der Waals surface area contributed by atoms with Gasteiger partial charge in [-0.2, -0.15) is 8.61 Å². The number of hydrogen-bond donors (Lipinski definition) is 0. The maximum Gasteiger partial charge on any atom is 0.245 e. The topological polar surface area (TPSA) is 87.7 Å². The van der Waals surface area contributed by atoms with Gasteiger partial charge in [-0.05, 0) is 12.1 Å². The van der Waals surface area contributed by atoms with Crippen LogP contribution in [0, 0.1) is 0 Å². The summed E-state index contributed by atoms with van der Waals surface area (Å²) < 4.78 is 51.4. The van der Waals surface area contributed by atoms with Crippen LogP contribution in [-0.4, -0.2) is 62.9 Å². The van der Waals surface area contributed by atoms with E-state index >= 15 is 0 Å². The third-order valence-corrected chi connectivity index (χ3v) is 7.11. The van der Waals surface area contributed by atoms with Gasteiger partial charge < -0.3 is 0 Å². The molecule has 124 valence electrons. The number of nitrogens with zero attached hydrogens (tertiary/aromatic N) is 3. The average molecular weight is 355 g/mol. The molecule has 0 radical (unpaired) electrons. The molecule has 1 aliphatic heterocycles. The molecule has 0 N–H and O–H groups in total. The first-order chi connectivity index (χ1) is 10.8. The Morgan fingerprint density at radius 2 is 1.52 bits per heavy atom. The van der Waals surface area contributed by atoms with Gasteiger partial charge in [-0.3, -0.25) is 4.98 Å². The molecular formula is C14H17N3O4S2. The number of benzene rings is 1. The molecule has 7 nitrogen and oxygen atoms in total. The van der Waals surface area contributed by atoms with E-state index in [1.165, 1.54) is 14.7 Å². The third-order valence-electron chi connectivity index (χ3n) is 3.88. The summed E-state index contributed by atoms with van der Waals surface area (Å²) in [5.41, 5.74) is 0.431. The minimum absolute atomic E-state index is 0.138. The predicted molar refractivity (Wildman–Crippen MR) is 86.9 cm³/mol. The first-order valence-corrected chi connectivity index (χ1v) is 10.4. The molecule has 0 atom stereocenters. The van der Waals surface area contributed by atoms with Crippen LogP contribution in [-0.2, 0) is 20.0 Å². The Kier molecular flexibility index (Phi) is 4.13. The lowest BCUT2D eigenvalue weighted by Gasteiger charge is -2.32. The Morgan fingerprint density at radius 3 is 2.17 bits per heavy atom. The number of hydrogen-bond acceptors (Lipinski definition) is 5. The fraction of sp³-hybridized carbons (Fsp3) is 0.357. The van der Waals surface area contributed by atoms with Gasteiger partial charge in [0.2, 0.25) is 20.0 Å². The average Bonchev–Trinajstić information content (AvgIpc) is 2.53. The summed E-state index contributed by atoms with van der Waals surface area (Å²) in [4.78, 5) is 4.34. The lowest BCUT2D eigenvalue weighted by molar-refractivity contribution is 0.274. The third kappa shape index (κ3) is 3.09. The number of pyridine rings is 1. The van der Waals surface area contributed by atoms with E-state index in [-0.39, 0.29) is 31.1 Å². The molecule has 0 unspecified atom stereocenters. The lowest BCUT2D eigenvalue weighted by Crippen LogP contribution is -2.50. The van der Waals surface area contributed by atoms with Crippen molar-refractivity contribution < 1.29 is 16.8 Å². The first kappa shape index (κ1) is 16.3. The molecule has 0 bridgehead atoms. The van der Waals surface area contributed by atoms with Crippen molar-refractivity contribution in [3.63, 3.8) is 0 Å². The van der Waals surface area contributed by atoms with Crippen molar-refractivity contribution in [2.24, 2.45) is 0 Å². The first-order valence-electron chi connectivity index (χ1n) is 7.09. The van der Waals surface area contributed by atoms with Crippen molar-refractivity contribution in [2.45, 2.75) is 4.90 Å². The van der Waals surface area contributed by atoms with E-state index < -0.39 is 20.0 Å². The van der Waals surface area contributed by atoms with Gasteiger partial charge in [0.1, 0.15) is 4.90 Å². The minimum Gasteiger partial charge on any atom is -0.255 e. The molecule has 2 heterocycles. The van der Waals surface area contributed by atoms with Gasteiger partial charge in [0.05, 0.1) is 11.8 Å². The van der Waals surface area contributed by atoms with Gasteiger partial charge in [0.25, 0.3) is 0 Å². The van der Waals surface area contributed by atoms with E-state index in [1.807, 2.05) is 12.1 Å². The van der Waals surface area contributed by atoms with Crippen LogP contribution in [0.25, 0.3) is 10.9 Å².